The molecular weight excluding hydrogens is 233 g/mol. The van der Waals surface area contributed by atoms with Crippen molar-refractivity contribution in [3.8, 4) is 0 Å². The van der Waals surface area contributed by atoms with Crippen molar-refractivity contribution >= 4 is 11.8 Å². The minimum absolute atomic E-state index is 0.159. The molecule has 0 saturated heterocycles. The summed E-state index contributed by atoms with van der Waals surface area (Å²) in [4.78, 5) is 2.18. The highest BCUT2D eigenvalue weighted by atomic mass is 32.2. The van der Waals surface area contributed by atoms with Crippen molar-refractivity contribution in [1.29, 1.82) is 0 Å². The van der Waals surface area contributed by atoms with Gasteiger partial charge in [0.1, 0.15) is 5.82 Å². The van der Waals surface area contributed by atoms with E-state index in [9.17, 15) is 4.39 Å². The van der Waals surface area contributed by atoms with Crippen LogP contribution in [0.4, 0.5) is 4.39 Å². The van der Waals surface area contributed by atoms with Crippen LogP contribution in [0.5, 0.6) is 0 Å². The average molecular weight is 247 g/mol. The van der Waals surface area contributed by atoms with Crippen LogP contribution < -0.4 is 5.73 Å². The predicted octanol–water partition coefficient (Wildman–Crippen LogP) is 3.74. The van der Waals surface area contributed by atoms with Crippen LogP contribution >= 0.6 is 11.8 Å². The molecule has 0 aromatic heterocycles. The van der Waals surface area contributed by atoms with Crippen LogP contribution in [0.3, 0.4) is 0 Å². The molecule has 0 aliphatic rings. The summed E-state index contributed by atoms with van der Waals surface area (Å²) in [5.74, 6) is -0.159. The highest BCUT2D eigenvalue weighted by Gasteiger charge is 2.01. The van der Waals surface area contributed by atoms with Gasteiger partial charge in [-0.1, -0.05) is 23.9 Å². The van der Waals surface area contributed by atoms with Crippen molar-refractivity contribution in [2.75, 3.05) is 0 Å². The zero-order valence-corrected chi connectivity index (χ0v) is 10.4. The van der Waals surface area contributed by atoms with E-state index >= 15 is 0 Å². The van der Waals surface area contributed by atoms with Gasteiger partial charge in [-0.05, 0) is 48.4 Å². The summed E-state index contributed by atoms with van der Waals surface area (Å²) < 4.78 is 13.1. The second-order valence-electron chi connectivity index (χ2n) is 3.86. The standard InChI is InChI=1S/C14H14FNS/c1-10-8-13(6-7-14(10)15)17-12-4-2-11(9-16)3-5-12/h2-8H,9,16H2,1H3. The Hall–Kier alpha value is -1.32. The van der Waals surface area contributed by atoms with E-state index in [-0.39, 0.29) is 5.82 Å². The van der Waals surface area contributed by atoms with Gasteiger partial charge in [0.05, 0.1) is 0 Å². The van der Waals surface area contributed by atoms with E-state index in [0.717, 1.165) is 15.4 Å². The van der Waals surface area contributed by atoms with Crippen LogP contribution in [-0.4, -0.2) is 0 Å². The molecule has 3 heteroatoms. The first kappa shape index (κ1) is 12.1. The minimum Gasteiger partial charge on any atom is -0.326 e. The zero-order chi connectivity index (χ0) is 12.3. The van der Waals surface area contributed by atoms with Gasteiger partial charge < -0.3 is 5.73 Å². The molecule has 2 aromatic rings. The first-order valence-electron chi connectivity index (χ1n) is 5.42. The Kier molecular flexibility index (Phi) is 3.82. The van der Waals surface area contributed by atoms with Gasteiger partial charge in [0.15, 0.2) is 0 Å². The van der Waals surface area contributed by atoms with Gasteiger partial charge in [0.2, 0.25) is 0 Å². The summed E-state index contributed by atoms with van der Waals surface area (Å²) in [6.45, 7) is 2.33. The lowest BCUT2D eigenvalue weighted by Gasteiger charge is -2.04. The van der Waals surface area contributed by atoms with Gasteiger partial charge in [0.25, 0.3) is 0 Å². The van der Waals surface area contributed by atoms with Crippen LogP contribution in [0, 0.1) is 12.7 Å². The highest BCUT2D eigenvalue weighted by molar-refractivity contribution is 7.99. The van der Waals surface area contributed by atoms with Crippen LogP contribution in [0.15, 0.2) is 52.3 Å². The Bertz CT molecular complexity index is 508. The summed E-state index contributed by atoms with van der Waals surface area (Å²) >= 11 is 1.62. The number of hydrogen-bond acceptors (Lipinski definition) is 2. The lowest BCUT2D eigenvalue weighted by Crippen LogP contribution is -1.94. The zero-order valence-electron chi connectivity index (χ0n) is 9.61. The molecule has 0 saturated carbocycles. The third-order valence-electron chi connectivity index (χ3n) is 2.52. The molecule has 17 heavy (non-hydrogen) atoms. The van der Waals surface area contributed by atoms with Crippen molar-refractivity contribution in [2.24, 2.45) is 5.73 Å². The highest BCUT2D eigenvalue weighted by Crippen LogP contribution is 2.28. The smallest absolute Gasteiger partial charge is 0.126 e. The molecule has 0 fully saturated rings. The van der Waals surface area contributed by atoms with E-state index in [0.29, 0.717) is 12.1 Å². The fourth-order valence-electron chi connectivity index (χ4n) is 1.51. The van der Waals surface area contributed by atoms with E-state index in [2.05, 4.69) is 0 Å². The molecule has 0 radical (unpaired) electrons. The van der Waals surface area contributed by atoms with E-state index in [1.807, 2.05) is 30.3 Å². The van der Waals surface area contributed by atoms with E-state index in [4.69, 9.17) is 5.73 Å². The number of benzene rings is 2. The number of halogens is 1. The maximum atomic E-state index is 13.1. The predicted molar refractivity (Wildman–Crippen MR) is 69.6 cm³/mol. The number of nitrogens with two attached hydrogens (primary N) is 1. The van der Waals surface area contributed by atoms with Gasteiger partial charge in [-0.3, -0.25) is 0 Å². The molecule has 1 nitrogen and oxygen atoms in total. The fourth-order valence-corrected chi connectivity index (χ4v) is 2.43. The van der Waals surface area contributed by atoms with Crippen molar-refractivity contribution in [2.45, 2.75) is 23.3 Å². The molecule has 2 rings (SSSR count). The van der Waals surface area contributed by atoms with Crippen molar-refractivity contribution < 1.29 is 4.39 Å². The molecular formula is C14H14FNS. The van der Waals surface area contributed by atoms with Gasteiger partial charge in [-0.25, -0.2) is 4.39 Å². The molecule has 0 heterocycles. The average Bonchev–Trinajstić information content (AvgIpc) is 2.35. The molecule has 0 aliphatic heterocycles. The maximum Gasteiger partial charge on any atom is 0.126 e. The first-order chi connectivity index (χ1) is 8.19. The minimum atomic E-state index is -0.159. The lowest BCUT2D eigenvalue weighted by molar-refractivity contribution is 0.617. The largest absolute Gasteiger partial charge is 0.326 e. The lowest BCUT2D eigenvalue weighted by atomic mass is 10.2. The second-order valence-corrected chi connectivity index (χ2v) is 5.01. The van der Waals surface area contributed by atoms with E-state index < -0.39 is 0 Å². The first-order valence-corrected chi connectivity index (χ1v) is 6.23. The summed E-state index contributed by atoms with van der Waals surface area (Å²) in [6.07, 6.45) is 0. The van der Waals surface area contributed by atoms with Crippen LogP contribution in [0.25, 0.3) is 0 Å². The van der Waals surface area contributed by atoms with Gasteiger partial charge in [0, 0.05) is 16.3 Å². The van der Waals surface area contributed by atoms with Crippen LogP contribution in [0.1, 0.15) is 11.1 Å². The molecule has 2 N–H and O–H groups in total. The third-order valence-corrected chi connectivity index (χ3v) is 3.52. The summed E-state index contributed by atoms with van der Waals surface area (Å²) in [6, 6.07) is 13.3. The van der Waals surface area contributed by atoms with Gasteiger partial charge in [-0.2, -0.15) is 0 Å². The Morgan fingerprint density at radius 3 is 2.29 bits per heavy atom. The SMILES string of the molecule is Cc1cc(Sc2ccc(CN)cc2)ccc1F. The summed E-state index contributed by atoms with van der Waals surface area (Å²) in [5.41, 5.74) is 7.33. The molecule has 0 amide bonds. The van der Waals surface area contributed by atoms with Crippen LogP contribution in [0.2, 0.25) is 0 Å². The second kappa shape index (κ2) is 5.34. The molecule has 2 aromatic carbocycles. The molecule has 0 aliphatic carbocycles. The molecule has 0 atom stereocenters. The number of hydrogen-bond donors (Lipinski definition) is 1. The quantitative estimate of drug-likeness (QED) is 0.894. The van der Waals surface area contributed by atoms with E-state index in [1.165, 1.54) is 6.07 Å². The van der Waals surface area contributed by atoms with E-state index in [1.54, 1.807) is 24.8 Å². The molecule has 0 bridgehead atoms. The topological polar surface area (TPSA) is 26.0 Å². The molecule has 0 spiro atoms. The Labute approximate surface area is 105 Å². The van der Waals surface area contributed by atoms with Gasteiger partial charge >= 0.3 is 0 Å². The molecule has 88 valence electrons. The monoisotopic (exact) mass is 247 g/mol. The van der Waals surface area contributed by atoms with Crippen molar-refractivity contribution in [3.05, 3.63) is 59.4 Å². The van der Waals surface area contributed by atoms with Crippen molar-refractivity contribution in [1.82, 2.24) is 0 Å². The Morgan fingerprint density at radius 1 is 1.06 bits per heavy atom. The third kappa shape index (κ3) is 3.08. The fraction of sp³-hybridized carbons (Fsp3) is 0.143. The summed E-state index contributed by atoms with van der Waals surface area (Å²) in [5, 5.41) is 0. The summed E-state index contributed by atoms with van der Waals surface area (Å²) in [7, 11) is 0. The van der Waals surface area contributed by atoms with Crippen LogP contribution in [-0.2, 0) is 6.54 Å². The Balaban J connectivity index is 2.16. The molecule has 0 unspecified atom stereocenters. The normalized spacial score (nSPS) is 10.5. The Morgan fingerprint density at radius 2 is 1.71 bits per heavy atom. The van der Waals surface area contributed by atoms with Crippen molar-refractivity contribution in [3.63, 3.8) is 0 Å². The van der Waals surface area contributed by atoms with Gasteiger partial charge in [-0.15, -0.1) is 0 Å². The number of rotatable bonds is 3. The number of aryl methyl sites for hydroxylation is 1. The maximum absolute atomic E-state index is 13.1.